The first-order valence-electron chi connectivity index (χ1n) is 6.21. The Labute approximate surface area is 117 Å². The molecule has 0 aliphatic rings. The molecule has 0 atom stereocenters. The van der Waals surface area contributed by atoms with Gasteiger partial charge in [0.2, 0.25) is 0 Å². The first kappa shape index (κ1) is 13.9. The van der Waals surface area contributed by atoms with Crippen molar-refractivity contribution in [3.8, 4) is 5.75 Å². The van der Waals surface area contributed by atoms with Gasteiger partial charge in [-0.2, -0.15) is 0 Å². The number of benzene rings is 2. The first-order valence-corrected chi connectivity index (χ1v) is 6.21. The standard InChI is InChI=1S/C15H16N2O3/c1-10-6-7-14(11(2)8-10)20-9-12-4-3-5-13(15(12)16)17(18)19/h3-8H,9,16H2,1-2H3. The van der Waals surface area contributed by atoms with Crippen LogP contribution in [0.5, 0.6) is 5.75 Å². The van der Waals surface area contributed by atoms with Crippen molar-refractivity contribution < 1.29 is 9.66 Å². The molecule has 0 heterocycles. The van der Waals surface area contributed by atoms with Gasteiger partial charge in [-0.3, -0.25) is 10.1 Å². The van der Waals surface area contributed by atoms with E-state index in [1.54, 1.807) is 12.1 Å². The predicted molar refractivity (Wildman–Crippen MR) is 77.8 cm³/mol. The monoisotopic (exact) mass is 272 g/mol. The number of nitrogen functional groups attached to an aromatic ring is 1. The van der Waals surface area contributed by atoms with Crippen LogP contribution in [0, 0.1) is 24.0 Å². The van der Waals surface area contributed by atoms with Gasteiger partial charge in [0.1, 0.15) is 18.0 Å². The Morgan fingerprint density at radius 1 is 1.25 bits per heavy atom. The van der Waals surface area contributed by atoms with Gasteiger partial charge < -0.3 is 10.5 Å². The highest BCUT2D eigenvalue weighted by Crippen LogP contribution is 2.27. The Hall–Kier alpha value is -2.56. The van der Waals surface area contributed by atoms with Crippen LogP contribution in [0.25, 0.3) is 0 Å². The number of nitro benzene ring substituents is 1. The van der Waals surface area contributed by atoms with Crippen molar-refractivity contribution in [2.45, 2.75) is 20.5 Å². The molecule has 0 saturated carbocycles. The molecule has 0 fully saturated rings. The summed E-state index contributed by atoms with van der Waals surface area (Å²) in [7, 11) is 0. The summed E-state index contributed by atoms with van der Waals surface area (Å²) in [4.78, 5) is 10.3. The van der Waals surface area contributed by atoms with Gasteiger partial charge in [-0.25, -0.2) is 0 Å². The number of para-hydroxylation sites is 1. The Morgan fingerprint density at radius 2 is 2.00 bits per heavy atom. The summed E-state index contributed by atoms with van der Waals surface area (Å²) in [5, 5.41) is 10.8. The molecule has 5 nitrogen and oxygen atoms in total. The van der Waals surface area contributed by atoms with E-state index < -0.39 is 4.92 Å². The number of hydrogen-bond donors (Lipinski definition) is 1. The van der Waals surface area contributed by atoms with Crippen LogP contribution in [0.2, 0.25) is 0 Å². The third-order valence-corrected chi connectivity index (χ3v) is 3.08. The van der Waals surface area contributed by atoms with Crippen LogP contribution >= 0.6 is 0 Å². The second-order valence-corrected chi connectivity index (χ2v) is 4.66. The summed E-state index contributed by atoms with van der Waals surface area (Å²) in [5.74, 6) is 0.751. The summed E-state index contributed by atoms with van der Waals surface area (Å²) in [6.07, 6.45) is 0. The van der Waals surface area contributed by atoms with Gasteiger partial charge in [0, 0.05) is 11.6 Å². The maximum absolute atomic E-state index is 10.8. The minimum Gasteiger partial charge on any atom is -0.489 e. The van der Waals surface area contributed by atoms with Crippen LogP contribution in [0.4, 0.5) is 11.4 Å². The van der Waals surface area contributed by atoms with E-state index in [4.69, 9.17) is 10.5 Å². The van der Waals surface area contributed by atoms with Crippen molar-refractivity contribution in [2.75, 3.05) is 5.73 Å². The van der Waals surface area contributed by atoms with E-state index in [0.717, 1.165) is 16.9 Å². The van der Waals surface area contributed by atoms with Crippen LogP contribution in [0.1, 0.15) is 16.7 Å². The largest absolute Gasteiger partial charge is 0.489 e. The molecule has 0 unspecified atom stereocenters. The molecule has 2 rings (SSSR count). The quantitative estimate of drug-likeness (QED) is 0.525. The van der Waals surface area contributed by atoms with E-state index in [1.165, 1.54) is 6.07 Å². The number of aryl methyl sites for hydroxylation is 2. The first-order chi connectivity index (χ1) is 9.49. The number of hydrogen-bond acceptors (Lipinski definition) is 4. The second kappa shape index (κ2) is 5.61. The minimum absolute atomic E-state index is 0.0910. The van der Waals surface area contributed by atoms with E-state index in [1.807, 2.05) is 32.0 Å². The van der Waals surface area contributed by atoms with Gasteiger partial charge in [0.25, 0.3) is 5.69 Å². The Kier molecular flexibility index (Phi) is 3.89. The van der Waals surface area contributed by atoms with Gasteiger partial charge in [-0.15, -0.1) is 0 Å². The minimum atomic E-state index is -0.490. The molecule has 0 aliphatic heterocycles. The molecule has 20 heavy (non-hydrogen) atoms. The zero-order valence-electron chi connectivity index (χ0n) is 11.4. The van der Waals surface area contributed by atoms with Crippen LogP contribution in [-0.4, -0.2) is 4.92 Å². The normalized spacial score (nSPS) is 10.3. The van der Waals surface area contributed by atoms with Crippen molar-refractivity contribution in [3.63, 3.8) is 0 Å². The maximum atomic E-state index is 10.8. The highest BCUT2D eigenvalue weighted by Gasteiger charge is 2.14. The van der Waals surface area contributed by atoms with Crippen LogP contribution < -0.4 is 10.5 Å². The predicted octanol–water partition coefficient (Wildman–Crippen LogP) is 3.37. The van der Waals surface area contributed by atoms with Crippen molar-refractivity contribution >= 4 is 11.4 Å². The van der Waals surface area contributed by atoms with Crippen molar-refractivity contribution in [3.05, 3.63) is 63.2 Å². The summed E-state index contributed by atoms with van der Waals surface area (Å²) < 4.78 is 5.69. The number of nitrogens with two attached hydrogens (primary N) is 1. The Balaban J connectivity index is 2.19. The molecule has 0 bridgehead atoms. The number of rotatable bonds is 4. The topological polar surface area (TPSA) is 78.4 Å². The zero-order valence-corrected chi connectivity index (χ0v) is 11.4. The lowest BCUT2D eigenvalue weighted by atomic mass is 10.1. The molecule has 2 aromatic rings. The molecule has 0 spiro atoms. The maximum Gasteiger partial charge on any atom is 0.292 e. The van der Waals surface area contributed by atoms with E-state index in [0.29, 0.717) is 5.56 Å². The van der Waals surface area contributed by atoms with Gasteiger partial charge in [-0.05, 0) is 25.5 Å². The van der Waals surface area contributed by atoms with Gasteiger partial charge in [0.05, 0.1) is 4.92 Å². The molecule has 0 amide bonds. The highest BCUT2D eigenvalue weighted by atomic mass is 16.6. The molecule has 2 N–H and O–H groups in total. The van der Waals surface area contributed by atoms with Crippen LogP contribution in [0.3, 0.4) is 0 Å². The summed E-state index contributed by atoms with van der Waals surface area (Å²) in [6.45, 7) is 4.17. The third kappa shape index (κ3) is 2.88. The lowest BCUT2D eigenvalue weighted by Crippen LogP contribution is -2.04. The van der Waals surface area contributed by atoms with Gasteiger partial charge >= 0.3 is 0 Å². The molecular weight excluding hydrogens is 256 g/mol. The van der Waals surface area contributed by atoms with E-state index in [2.05, 4.69) is 0 Å². The summed E-state index contributed by atoms with van der Waals surface area (Å²) in [6, 6.07) is 10.6. The molecule has 104 valence electrons. The number of nitro groups is 1. The molecule has 0 aromatic heterocycles. The Morgan fingerprint density at radius 3 is 2.65 bits per heavy atom. The van der Waals surface area contributed by atoms with Crippen LogP contribution in [0.15, 0.2) is 36.4 Å². The molecular formula is C15H16N2O3. The fourth-order valence-electron chi connectivity index (χ4n) is 2.00. The van der Waals surface area contributed by atoms with Crippen LogP contribution in [-0.2, 0) is 6.61 Å². The van der Waals surface area contributed by atoms with E-state index in [9.17, 15) is 10.1 Å². The second-order valence-electron chi connectivity index (χ2n) is 4.66. The van der Waals surface area contributed by atoms with Crippen molar-refractivity contribution in [1.29, 1.82) is 0 Å². The van der Waals surface area contributed by atoms with Gasteiger partial charge in [-0.1, -0.05) is 29.8 Å². The molecule has 5 heteroatoms. The fourth-order valence-corrected chi connectivity index (χ4v) is 2.00. The zero-order chi connectivity index (χ0) is 14.7. The third-order valence-electron chi connectivity index (χ3n) is 3.08. The van der Waals surface area contributed by atoms with E-state index in [-0.39, 0.29) is 18.0 Å². The van der Waals surface area contributed by atoms with Gasteiger partial charge in [0.15, 0.2) is 0 Å². The number of anilines is 1. The lowest BCUT2D eigenvalue weighted by molar-refractivity contribution is -0.384. The van der Waals surface area contributed by atoms with Crippen molar-refractivity contribution in [2.24, 2.45) is 0 Å². The molecule has 0 saturated heterocycles. The van der Waals surface area contributed by atoms with Crippen molar-refractivity contribution in [1.82, 2.24) is 0 Å². The highest BCUT2D eigenvalue weighted by molar-refractivity contribution is 5.62. The number of ether oxygens (including phenoxy) is 1. The molecule has 2 aromatic carbocycles. The lowest BCUT2D eigenvalue weighted by Gasteiger charge is -2.11. The summed E-state index contributed by atoms with van der Waals surface area (Å²) in [5.41, 5.74) is 8.64. The molecule has 0 aliphatic carbocycles. The average Bonchev–Trinajstić information content (AvgIpc) is 2.39. The number of nitrogens with zero attached hydrogens (tertiary/aromatic N) is 1. The smallest absolute Gasteiger partial charge is 0.292 e. The summed E-state index contributed by atoms with van der Waals surface area (Å²) >= 11 is 0. The molecule has 0 radical (unpaired) electrons. The van der Waals surface area contributed by atoms with E-state index >= 15 is 0 Å². The average molecular weight is 272 g/mol. The fraction of sp³-hybridized carbons (Fsp3) is 0.200. The SMILES string of the molecule is Cc1ccc(OCc2cccc([N+](=O)[O-])c2N)c(C)c1. The Bertz CT molecular complexity index is 654.